The summed E-state index contributed by atoms with van der Waals surface area (Å²) in [6, 6.07) is 10.7. The fraction of sp³-hybridized carbons (Fsp3) is 0.118. The van der Waals surface area contributed by atoms with Crippen molar-refractivity contribution in [2.45, 2.75) is 6.92 Å². The minimum Gasteiger partial charge on any atom is -0.504 e. The number of rotatable bonds is 3. The first-order chi connectivity index (χ1) is 10.6. The van der Waals surface area contributed by atoms with Crippen molar-refractivity contribution in [1.82, 2.24) is 0 Å². The number of phenols is 1. The molecule has 3 rings (SSSR count). The zero-order chi connectivity index (χ0) is 15.7. The molecule has 0 atom stereocenters. The summed E-state index contributed by atoms with van der Waals surface area (Å²) in [4.78, 5) is 12.1. The maximum atomic E-state index is 12.1. The van der Waals surface area contributed by atoms with Gasteiger partial charge in [0.1, 0.15) is 0 Å². The first-order valence-corrected chi connectivity index (χ1v) is 7.66. The van der Waals surface area contributed by atoms with E-state index in [9.17, 15) is 9.90 Å². The molecule has 0 unspecified atom stereocenters. The lowest BCUT2D eigenvalue weighted by atomic mass is 10.0. The van der Waals surface area contributed by atoms with Gasteiger partial charge in [0.05, 0.1) is 6.61 Å². The highest BCUT2D eigenvalue weighted by Gasteiger charge is 2.24. The van der Waals surface area contributed by atoms with Crippen LogP contribution in [0.5, 0.6) is 11.5 Å². The van der Waals surface area contributed by atoms with Crippen molar-refractivity contribution in [1.29, 1.82) is 0 Å². The minimum absolute atomic E-state index is 0.0861. The van der Waals surface area contributed by atoms with Gasteiger partial charge < -0.3 is 15.2 Å². The second-order valence-corrected chi connectivity index (χ2v) is 5.78. The lowest BCUT2D eigenvalue weighted by Gasteiger charge is -2.07. The summed E-state index contributed by atoms with van der Waals surface area (Å²) < 4.78 is 6.28. The van der Waals surface area contributed by atoms with Crippen molar-refractivity contribution in [2.75, 3.05) is 11.9 Å². The quantitative estimate of drug-likeness (QED) is 0.812. The first kappa shape index (κ1) is 14.7. The molecule has 4 nitrogen and oxygen atoms in total. The smallest absolute Gasteiger partial charge is 0.256 e. The number of hydrogen-bond donors (Lipinski definition) is 2. The van der Waals surface area contributed by atoms with Crippen molar-refractivity contribution in [3.05, 3.63) is 52.0 Å². The van der Waals surface area contributed by atoms with Gasteiger partial charge in [-0.05, 0) is 48.9 Å². The molecule has 0 saturated carbocycles. The van der Waals surface area contributed by atoms with Crippen LogP contribution in [-0.2, 0) is 4.79 Å². The highest BCUT2D eigenvalue weighted by molar-refractivity contribution is 9.10. The Hall–Kier alpha value is -2.27. The Balaban J connectivity index is 2.04. The topological polar surface area (TPSA) is 58.6 Å². The molecule has 0 aromatic heterocycles. The van der Waals surface area contributed by atoms with Crippen LogP contribution in [0, 0.1) is 0 Å². The number of nitrogens with one attached hydrogen (secondary N) is 1. The number of hydrogen-bond acceptors (Lipinski definition) is 3. The number of carbonyl (C=O) groups excluding carboxylic acids is 1. The molecule has 22 heavy (non-hydrogen) atoms. The lowest BCUT2D eigenvalue weighted by Crippen LogP contribution is -2.03. The average molecular weight is 360 g/mol. The van der Waals surface area contributed by atoms with Gasteiger partial charge in [0.2, 0.25) is 0 Å². The Bertz CT molecular complexity index is 783. The molecule has 2 N–H and O–H groups in total. The number of phenolic OH excluding ortho intramolecular Hbond substituents is 1. The van der Waals surface area contributed by atoms with Crippen LogP contribution in [0.2, 0.25) is 0 Å². The van der Waals surface area contributed by atoms with Gasteiger partial charge in [-0.25, -0.2) is 0 Å². The summed E-state index contributed by atoms with van der Waals surface area (Å²) in [6.07, 6.45) is 1.79. The number of benzene rings is 2. The number of fused-ring (bicyclic) bond motifs is 1. The van der Waals surface area contributed by atoms with Crippen molar-refractivity contribution >= 4 is 39.2 Å². The zero-order valence-corrected chi connectivity index (χ0v) is 13.5. The Kier molecular flexibility index (Phi) is 3.90. The largest absolute Gasteiger partial charge is 0.504 e. The van der Waals surface area contributed by atoms with E-state index in [4.69, 9.17) is 4.74 Å². The van der Waals surface area contributed by atoms with E-state index in [1.165, 1.54) is 0 Å². The molecule has 0 aliphatic carbocycles. The number of halogens is 1. The van der Waals surface area contributed by atoms with Crippen molar-refractivity contribution < 1.29 is 14.6 Å². The molecule has 0 bridgehead atoms. The van der Waals surface area contributed by atoms with Gasteiger partial charge in [0.25, 0.3) is 5.91 Å². The van der Waals surface area contributed by atoms with E-state index in [1.54, 1.807) is 24.3 Å². The van der Waals surface area contributed by atoms with E-state index in [1.807, 2.05) is 25.1 Å². The second-order valence-electron chi connectivity index (χ2n) is 4.86. The third-order valence-electron chi connectivity index (χ3n) is 3.36. The molecular formula is C17H14BrNO3. The second kappa shape index (κ2) is 5.85. The van der Waals surface area contributed by atoms with Gasteiger partial charge in [0, 0.05) is 21.3 Å². The van der Waals surface area contributed by atoms with Crippen molar-refractivity contribution in [3.63, 3.8) is 0 Å². The lowest BCUT2D eigenvalue weighted by molar-refractivity contribution is -0.110. The molecule has 0 saturated heterocycles. The number of carbonyl (C=O) groups is 1. The highest BCUT2D eigenvalue weighted by Crippen LogP contribution is 2.36. The molecule has 1 aliphatic heterocycles. The summed E-state index contributed by atoms with van der Waals surface area (Å²) in [6.45, 7) is 2.31. The number of ether oxygens (including phenoxy) is 1. The van der Waals surface area contributed by atoms with Gasteiger partial charge >= 0.3 is 0 Å². The summed E-state index contributed by atoms with van der Waals surface area (Å²) in [5.41, 5.74) is 3.03. The fourth-order valence-electron chi connectivity index (χ4n) is 2.36. The van der Waals surface area contributed by atoms with Gasteiger partial charge in [-0.2, -0.15) is 0 Å². The fourth-order valence-corrected chi connectivity index (χ4v) is 2.72. The van der Waals surface area contributed by atoms with Crippen LogP contribution in [0.1, 0.15) is 18.1 Å². The molecule has 2 aromatic carbocycles. The zero-order valence-electron chi connectivity index (χ0n) is 11.9. The van der Waals surface area contributed by atoms with Crippen LogP contribution in [0.15, 0.2) is 40.9 Å². The summed E-state index contributed by atoms with van der Waals surface area (Å²) >= 11 is 3.42. The van der Waals surface area contributed by atoms with Gasteiger partial charge in [-0.1, -0.05) is 22.0 Å². The number of aromatic hydroxyl groups is 1. The van der Waals surface area contributed by atoms with Crippen molar-refractivity contribution in [3.8, 4) is 11.5 Å². The average Bonchev–Trinajstić information content (AvgIpc) is 2.79. The predicted molar refractivity (Wildman–Crippen MR) is 89.9 cm³/mol. The third kappa shape index (κ3) is 2.72. The highest BCUT2D eigenvalue weighted by atomic mass is 79.9. The minimum atomic E-state index is -0.140. The third-order valence-corrected chi connectivity index (χ3v) is 3.85. The molecule has 5 heteroatoms. The van der Waals surface area contributed by atoms with Crippen LogP contribution in [0.3, 0.4) is 0 Å². The maximum absolute atomic E-state index is 12.1. The van der Waals surface area contributed by atoms with Gasteiger partial charge in [0.15, 0.2) is 11.5 Å². The molecule has 2 aromatic rings. The van der Waals surface area contributed by atoms with E-state index in [-0.39, 0.29) is 11.7 Å². The SMILES string of the molecule is CCOc1cc(C=C2C(=O)Nc3ccc(Br)cc32)ccc1O. The van der Waals surface area contributed by atoms with Gasteiger partial charge in [-0.3, -0.25) is 4.79 Å². The Morgan fingerprint density at radius 2 is 2.09 bits per heavy atom. The first-order valence-electron chi connectivity index (χ1n) is 6.87. The van der Waals surface area contributed by atoms with Crippen LogP contribution < -0.4 is 10.1 Å². The number of anilines is 1. The Labute approximate surface area is 136 Å². The van der Waals surface area contributed by atoms with Crippen LogP contribution in [0.4, 0.5) is 5.69 Å². The Morgan fingerprint density at radius 3 is 2.86 bits per heavy atom. The predicted octanol–water partition coefficient (Wildman–Crippen LogP) is 4.05. The van der Waals surface area contributed by atoms with E-state index in [0.717, 1.165) is 21.3 Å². The standard InChI is InChI=1S/C17H14BrNO3/c1-2-22-16-8-10(3-6-15(16)20)7-13-12-9-11(18)4-5-14(12)19-17(13)21/h3-9,20H,2H2,1H3,(H,19,21). The summed E-state index contributed by atoms with van der Waals surface area (Å²) in [5.74, 6) is 0.354. The molecule has 1 heterocycles. The van der Waals surface area contributed by atoms with Crippen LogP contribution in [-0.4, -0.2) is 17.6 Å². The molecule has 1 aliphatic rings. The Morgan fingerprint density at radius 1 is 1.27 bits per heavy atom. The number of amides is 1. The molecule has 0 spiro atoms. The summed E-state index contributed by atoms with van der Waals surface area (Å²) in [5, 5.41) is 12.6. The van der Waals surface area contributed by atoms with Crippen LogP contribution >= 0.6 is 15.9 Å². The molecule has 0 radical (unpaired) electrons. The molecular weight excluding hydrogens is 346 g/mol. The summed E-state index contributed by atoms with van der Waals surface area (Å²) in [7, 11) is 0. The van der Waals surface area contributed by atoms with Crippen LogP contribution in [0.25, 0.3) is 11.6 Å². The van der Waals surface area contributed by atoms with E-state index in [2.05, 4.69) is 21.2 Å². The van der Waals surface area contributed by atoms with Crippen molar-refractivity contribution in [2.24, 2.45) is 0 Å². The molecule has 0 fully saturated rings. The molecule has 1 amide bonds. The van der Waals surface area contributed by atoms with E-state index < -0.39 is 0 Å². The van der Waals surface area contributed by atoms with E-state index in [0.29, 0.717) is 17.9 Å². The molecule has 112 valence electrons. The maximum Gasteiger partial charge on any atom is 0.256 e. The monoisotopic (exact) mass is 359 g/mol. The van der Waals surface area contributed by atoms with E-state index >= 15 is 0 Å². The normalized spacial score (nSPS) is 14.8. The van der Waals surface area contributed by atoms with Gasteiger partial charge in [-0.15, -0.1) is 0 Å².